The fraction of sp³-hybridized carbons (Fsp3) is 0.542. The van der Waals surface area contributed by atoms with Crippen LogP contribution >= 0.6 is 12.6 Å². The third-order valence-corrected chi connectivity index (χ3v) is 5.03. The van der Waals surface area contributed by atoms with Crippen molar-refractivity contribution in [3.8, 4) is 0 Å². The summed E-state index contributed by atoms with van der Waals surface area (Å²) in [6.07, 6.45) is 14.3. The largest absolute Gasteiger partial charge is 0.247 e. The Labute approximate surface area is 177 Å². The first-order valence-corrected chi connectivity index (χ1v) is 11.3. The molecule has 0 saturated heterocycles. The number of allylic oxidation sites excluding steroid dienone is 3. The van der Waals surface area contributed by atoms with Gasteiger partial charge in [-0.25, -0.2) is 15.3 Å². The number of rotatable bonds is 11. The summed E-state index contributed by atoms with van der Waals surface area (Å²) in [6, 6.07) is 8.35. The van der Waals surface area contributed by atoms with Gasteiger partial charge in [-0.05, 0) is 44.9 Å². The summed E-state index contributed by atoms with van der Waals surface area (Å²) in [5.41, 5.74) is 6.85. The smallest absolute Gasteiger partial charge is 0.179 e. The van der Waals surface area contributed by atoms with Gasteiger partial charge >= 0.3 is 0 Å². The fourth-order valence-corrected chi connectivity index (χ4v) is 3.32. The van der Waals surface area contributed by atoms with Gasteiger partial charge in [-0.1, -0.05) is 81.2 Å². The molecular weight excluding hydrogens is 364 g/mol. The molecule has 0 radical (unpaired) electrons. The van der Waals surface area contributed by atoms with Crippen LogP contribution in [0.15, 0.2) is 53.6 Å². The maximum absolute atomic E-state index is 5.70. The number of hydrogen-bond donors (Lipinski definition) is 2. The van der Waals surface area contributed by atoms with Gasteiger partial charge in [0.05, 0.1) is 0 Å². The monoisotopic (exact) mass is 402 g/mol. The van der Waals surface area contributed by atoms with Crippen molar-refractivity contribution in [3.05, 3.63) is 59.7 Å². The molecule has 0 amide bonds. The number of aliphatic imine (C=N–C) groups is 1. The first-order chi connectivity index (χ1) is 13.6. The van der Waals surface area contributed by atoms with Crippen molar-refractivity contribution in [2.45, 2.75) is 71.9 Å². The predicted octanol–water partition coefficient (Wildman–Crippen LogP) is 6.65. The average molecular weight is 403 g/mol. The zero-order valence-electron chi connectivity index (χ0n) is 18.1. The van der Waals surface area contributed by atoms with E-state index < -0.39 is 0 Å². The first-order valence-electron chi connectivity index (χ1n) is 10.5. The van der Waals surface area contributed by atoms with Gasteiger partial charge < -0.3 is 0 Å². The average Bonchev–Trinajstić information content (AvgIpc) is 3.21. The van der Waals surface area contributed by atoms with E-state index >= 15 is 0 Å². The fourth-order valence-electron chi connectivity index (χ4n) is 3.32. The number of amidine groups is 1. The minimum Gasteiger partial charge on any atom is -0.247 e. The number of unbranched alkanes of at least 4 members (excludes halogenated alkanes) is 3. The summed E-state index contributed by atoms with van der Waals surface area (Å²) in [5, 5.41) is 0. The van der Waals surface area contributed by atoms with E-state index in [4.69, 9.17) is 9.83 Å². The molecule has 1 heterocycles. The Morgan fingerprint density at radius 1 is 1.29 bits per heavy atom. The number of nitrogens with zero attached hydrogens (tertiary/aromatic N) is 1. The normalized spacial score (nSPS) is 17.2. The predicted molar refractivity (Wildman–Crippen MR) is 126 cm³/mol. The third kappa shape index (κ3) is 8.66. The van der Waals surface area contributed by atoms with Crippen molar-refractivity contribution >= 4 is 18.5 Å². The van der Waals surface area contributed by atoms with E-state index in [1.807, 2.05) is 6.08 Å². The van der Waals surface area contributed by atoms with Crippen molar-refractivity contribution in [2.75, 3.05) is 6.26 Å². The van der Waals surface area contributed by atoms with Crippen molar-refractivity contribution in [1.82, 2.24) is 5.48 Å². The van der Waals surface area contributed by atoms with Crippen molar-refractivity contribution in [2.24, 2.45) is 10.9 Å². The summed E-state index contributed by atoms with van der Waals surface area (Å²) < 4.78 is 0. The molecule has 1 N–H and O–H groups in total. The molecule has 1 aromatic carbocycles. The molecular formula is C24H38N2OS. The second-order valence-electron chi connectivity index (χ2n) is 7.30. The van der Waals surface area contributed by atoms with Gasteiger partial charge in [0.1, 0.15) is 0 Å². The van der Waals surface area contributed by atoms with E-state index in [9.17, 15) is 0 Å². The summed E-state index contributed by atoms with van der Waals surface area (Å²) in [4.78, 5) is 10.4. The van der Waals surface area contributed by atoms with Crippen LogP contribution in [0.3, 0.4) is 0 Å². The Kier molecular flexibility index (Phi) is 12.7. The number of hydrogen-bond acceptors (Lipinski definition) is 4. The molecule has 2 unspecified atom stereocenters. The van der Waals surface area contributed by atoms with Crippen LogP contribution in [-0.2, 0) is 4.84 Å². The third-order valence-electron chi connectivity index (χ3n) is 5.03. The lowest BCUT2D eigenvalue weighted by Crippen LogP contribution is -2.22. The minimum absolute atomic E-state index is 0.0762. The highest BCUT2D eigenvalue weighted by molar-refractivity contribution is 7.79. The van der Waals surface area contributed by atoms with Gasteiger partial charge in [-0.15, -0.1) is 0 Å². The highest BCUT2D eigenvalue weighted by Crippen LogP contribution is 2.22. The molecule has 0 aromatic heterocycles. The van der Waals surface area contributed by atoms with Crippen molar-refractivity contribution in [1.29, 1.82) is 0 Å². The van der Waals surface area contributed by atoms with E-state index in [0.717, 1.165) is 24.2 Å². The lowest BCUT2D eigenvalue weighted by molar-refractivity contribution is 0.00322. The SMILES string of the molecule is C=C/C=C(\CC)CCCCCCC(C)C1N=C(c2cccc(C)c2)NO1.CS. The number of nitrogens with one attached hydrogen (secondary N) is 1. The van der Waals surface area contributed by atoms with Gasteiger partial charge in [-0.3, -0.25) is 0 Å². The molecule has 0 bridgehead atoms. The molecule has 0 saturated carbocycles. The Bertz CT molecular complexity index is 639. The van der Waals surface area contributed by atoms with Crippen LogP contribution in [0.4, 0.5) is 0 Å². The molecule has 0 fully saturated rings. The summed E-state index contributed by atoms with van der Waals surface area (Å²) in [7, 11) is 0. The number of thiol groups is 1. The van der Waals surface area contributed by atoms with Gasteiger partial charge in [0.15, 0.2) is 12.1 Å². The molecule has 3 nitrogen and oxygen atoms in total. The van der Waals surface area contributed by atoms with Gasteiger partial charge in [0, 0.05) is 11.5 Å². The van der Waals surface area contributed by atoms with Crippen molar-refractivity contribution < 1.29 is 4.84 Å². The number of hydroxylamine groups is 1. The van der Waals surface area contributed by atoms with Crippen LogP contribution in [0.1, 0.15) is 69.9 Å². The minimum atomic E-state index is -0.0762. The molecule has 2 rings (SSSR count). The van der Waals surface area contributed by atoms with Crippen LogP contribution in [0.5, 0.6) is 0 Å². The highest BCUT2D eigenvalue weighted by atomic mass is 32.1. The van der Waals surface area contributed by atoms with E-state index in [0.29, 0.717) is 5.92 Å². The van der Waals surface area contributed by atoms with E-state index in [-0.39, 0.29) is 6.23 Å². The Morgan fingerprint density at radius 3 is 2.71 bits per heavy atom. The standard InChI is InChI=1S/C23H34N2O.CH4S/c1-5-12-20(6-2)15-10-8-7-9-14-19(4)23-24-22(25-26-23)21-16-11-13-18(3)17-21;1-2/h5,11-13,16-17,19,23H,1,6-10,14-15H2,2-4H3,(H,24,25);2H,1H3/b20-12+;. The van der Waals surface area contributed by atoms with Crippen LogP contribution in [-0.4, -0.2) is 18.3 Å². The van der Waals surface area contributed by atoms with Crippen LogP contribution in [0.2, 0.25) is 0 Å². The summed E-state index contributed by atoms with van der Waals surface area (Å²) in [6.45, 7) is 10.3. The zero-order chi connectivity index (χ0) is 20.8. The Hall–Kier alpha value is -1.52. The molecule has 2 atom stereocenters. The van der Waals surface area contributed by atoms with Gasteiger partial charge in [0.2, 0.25) is 0 Å². The second kappa shape index (κ2) is 14.5. The highest BCUT2D eigenvalue weighted by Gasteiger charge is 2.24. The Balaban J connectivity index is 0.00000190. The zero-order valence-corrected chi connectivity index (χ0v) is 19.0. The topological polar surface area (TPSA) is 33.6 Å². The molecule has 1 aromatic rings. The van der Waals surface area contributed by atoms with E-state index in [1.54, 1.807) is 6.26 Å². The number of aryl methyl sites for hydroxylation is 1. The lowest BCUT2D eigenvalue weighted by atomic mass is 9.99. The van der Waals surface area contributed by atoms with Crippen molar-refractivity contribution in [3.63, 3.8) is 0 Å². The summed E-state index contributed by atoms with van der Waals surface area (Å²) in [5.74, 6) is 1.28. The van der Waals surface area contributed by atoms with Crippen LogP contribution in [0, 0.1) is 12.8 Å². The molecule has 28 heavy (non-hydrogen) atoms. The molecule has 0 spiro atoms. The maximum atomic E-state index is 5.70. The quantitative estimate of drug-likeness (QED) is 0.247. The Morgan fingerprint density at radius 2 is 2.04 bits per heavy atom. The number of benzene rings is 1. The van der Waals surface area contributed by atoms with Gasteiger partial charge in [-0.2, -0.15) is 12.6 Å². The maximum Gasteiger partial charge on any atom is 0.179 e. The second-order valence-corrected chi connectivity index (χ2v) is 7.30. The first kappa shape index (κ1) is 24.5. The van der Waals surface area contributed by atoms with Crippen LogP contribution < -0.4 is 5.48 Å². The van der Waals surface area contributed by atoms with Gasteiger partial charge in [0.25, 0.3) is 0 Å². The molecule has 1 aliphatic rings. The lowest BCUT2D eigenvalue weighted by Gasteiger charge is -2.14. The molecule has 1 aliphatic heterocycles. The van der Waals surface area contributed by atoms with Crippen LogP contribution in [0.25, 0.3) is 0 Å². The molecule has 156 valence electrons. The van der Waals surface area contributed by atoms with E-state index in [1.165, 1.54) is 43.2 Å². The summed E-state index contributed by atoms with van der Waals surface area (Å²) >= 11 is 3.53. The van der Waals surface area contributed by atoms with E-state index in [2.05, 4.69) is 75.8 Å². The molecule has 4 heteroatoms. The molecule has 0 aliphatic carbocycles.